The van der Waals surface area contributed by atoms with Gasteiger partial charge in [0.25, 0.3) is 0 Å². The van der Waals surface area contributed by atoms with Gasteiger partial charge in [0, 0.05) is 27.5 Å². The zero-order chi connectivity index (χ0) is 32.3. The summed E-state index contributed by atoms with van der Waals surface area (Å²) in [6.45, 7) is 0. The van der Waals surface area contributed by atoms with Gasteiger partial charge < -0.3 is 4.42 Å². The summed E-state index contributed by atoms with van der Waals surface area (Å²) in [5.74, 6) is 1.95. The molecule has 0 fully saturated rings. The van der Waals surface area contributed by atoms with E-state index in [1.165, 1.54) is 21.5 Å². The molecule has 228 valence electrons. The molecule has 2 aromatic heterocycles. The van der Waals surface area contributed by atoms with E-state index in [1.807, 2.05) is 60.7 Å². The maximum absolute atomic E-state index is 6.45. The molecule has 0 saturated carbocycles. The molecule has 0 saturated heterocycles. The van der Waals surface area contributed by atoms with Crippen molar-refractivity contribution in [3.63, 3.8) is 0 Å². The number of benzene rings is 8. The molecule has 0 unspecified atom stereocenters. The van der Waals surface area contributed by atoms with Crippen molar-refractivity contribution in [1.82, 2.24) is 15.0 Å². The van der Waals surface area contributed by atoms with E-state index in [2.05, 4.69) is 103 Å². The Morgan fingerprint density at radius 2 is 0.918 bits per heavy atom. The maximum atomic E-state index is 6.45. The Morgan fingerprint density at radius 3 is 1.65 bits per heavy atom. The van der Waals surface area contributed by atoms with Crippen LogP contribution in [0.5, 0.6) is 0 Å². The molecule has 0 aliphatic rings. The molecular formula is C45H27N3O. The third kappa shape index (κ3) is 4.65. The van der Waals surface area contributed by atoms with Crippen LogP contribution in [0.3, 0.4) is 0 Å². The minimum Gasteiger partial charge on any atom is -0.456 e. The first-order valence-corrected chi connectivity index (χ1v) is 16.4. The predicted molar refractivity (Wildman–Crippen MR) is 201 cm³/mol. The number of fused-ring (bicyclic) bond motifs is 7. The van der Waals surface area contributed by atoms with Crippen LogP contribution in [0.25, 0.3) is 99.5 Å². The molecule has 8 aromatic carbocycles. The lowest BCUT2D eigenvalue weighted by Gasteiger charge is -2.10. The molecule has 0 spiro atoms. The Balaban J connectivity index is 1.10. The van der Waals surface area contributed by atoms with Crippen LogP contribution in [0.15, 0.2) is 168 Å². The molecule has 4 heteroatoms. The van der Waals surface area contributed by atoms with Crippen molar-refractivity contribution in [3.8, 4) is 45.3 Å². The quantitative estimate of drug-likeness (QED) is 0.183. The highest BCUT2D eigenvalue weighted by molar-refractivity contribution is 6.19. The summed E-state index contributed by atoms with van der Waals surface area (Å²) in [4.78, 5) is 14.7. The second-order valence-electron chi connectivity index (χ2n) is 12.5. The zero-order valence-corrected chi connectivity index (χ0v) is 26.3. The first-order valence-electron chi connectivity index (χ1n) is 16.4. The molecule has 2 heterocycles. The minimum absolute atomic E-state index is 0.646. The van der Waals surface area contributed by atoms with E-state index < -0.39 is 0 Å². The Kier molecular flexibility index (Phi) is 6.15. The van der Waals surface area contributed by atoms with Gasteiger partial charge in [-0.05, 0) is 73.8 Å². The number of hydrogen-bond acceptors (Lipinski definition) is 4. The fourth-order valence-electron chi connectivity index (χ4n) is 7.06. The van der Waals surface area contributed by atoms with Crippen molar-refractivity contribution in [2.75, 3.05) is 0 Å². The van der Waals surface area contributed by atoms with Gasteiger partial charge in [0.05, 0.1) is 0 Å². The van der Waals surface area contributed by atoms with Crippen LogP contribution < -0.4 is 0 Å². The molecular weight excluding hydrogens is 599 g/mol. The smallest absolute Gasteiger partial charge is 0.164 e. The van der Waals surface area contributed by atoms with Gasteiger partial charge in [0.15, 0.2) is 17.5 Å². The van der Waals surface area contributed by atoms with Gasteiger partial charge in [0.1, 0.15) is 11.2 Å². The van der Waals surface area contributed by atoms with E-state index in [4.69, 9.17) is 19.4 Å². The summed E-state index contributed by atoms with van der Waals surface area (Å²) in [5.41, 5.74) is 6.94. The zero-order valence-electron chi connectivity index (χ0n) is 26.3. The molecule has 0 radical (unpaired) electrons. The van der Waals surface area contributed by atoms with Crippen molar-refractivity contribution in [2.45, 2.75) is 0 Å². The minimum atomic E-state index is 0.646. The average Bonchev–Trinajstić information content (AvgIpc) is 3.55. The Hall–Kier alpha value is -6.65. The first-order chi connectivity index (χ1) is 24.2. The second-order valence-corrected chi connectivity index (χ2v) is 12.5. The Labute approximate surface area is 282 Å². The van der Waals surface area contributed by atoms with Crippen LogP contribution in [0, 0.1) is 0 Å². The molecule has 0 N–H and O–H groups in total. The monoisotopic (exact) mass is 625 g/mol. The number of rotatable bonds is 4. The number of aromatic nitrogens is 3. The summed E-state index contributed by atoms with van der Waals surface area (Å²) in [6.07, 6.45) is 0. The molecule has 0 bridgehead atoms. The molecule has 10 aromatic rings. The summed E-state index contributed by atoms with van der Waals surface area (Å²) in [6, 6.07) is 57.0. The lowest BCUT2D eigenvalue weighted by Crippen LogP contribution is -2.00. The van der Waals surface area contributed by atoms with Gasteiger partial charge in [-0.1, -0.05) is 133 Å². The number of furan rings is 1. The number of hydrogen-bond donors (Lipinski definition) is 0. The number of nitrogens with zero attached hydrogens (tertiary/aromatic N) is 3. The van der Waals surface area contributed by atoms with Gasteiger partial charge >= 0.3 is 0 Å². The Morgan fingerprint density at radius 1 is 0.327 bits per heavy atom. The summed E-state index contributed by atoms with van der Waals surface area (Å²) in [7, 11) is 0. The largest absolute Gasteiger partial charge is 0.456 e. The standard InChI is InChI=1S/C45H27N3O/c1-3-11-29(12-4-1)43-46-44(30-13-5-2-6-14-30)48-45(47-43)35-23-20-31-24-33(22-19-32(31)25-35)37-16-9-17-40-42(37)39-27-38-34(26-41(39)49-40)21-18-28-10-7-8-15-36(28)38/h1-27H. The molecule has 4 nitrogen and oxygen atoms in total. The first kappa shape index (κ1) is 27.5. The van der Waals surface area contributed by atoms with Crippen LogP contribution >= 0.6 is 0 Å². The summed E-state index contributed by atoms with van der Waals surface area (Å²) in [5, 5.41) is 9.42. The fraction of sp³-hybridized carbons (Fsp3) is 0. The van der Waals surface area contributed by atoms with Crippen molar-refractivity contribution in [2.24, 2.45) is 0 Å². The normalized spacial score (nSPS) is 11.7. The molecule has 10 rings (SSSR count). The van der Waals surface area contributed by atoms with Crippen molar-refractivity contribution >= 4 is 54.3 Å². The second kappa shape index (κ2) is 11.0. The van der Waals surface area contributed by atoms with Crippen LogP contribution in [0.1, 0.15) is 0 Å². The predicted octanol–water partition coefficient (Wildman–Crippen LogP) is 11.9. The Bertz CT molecular complexity index is 2820. The van der Waals surface area contributed by atoms with Crippen molar-refractivity contribution < 1.29 is 4.42 Å². The van der Waals surface area contributed by atoms with E-state index in [1.54, 1.807) is 0 Å². The fourth-order valence-corrected chi connectivity index (χ4v) is 7.06. The van der Waals surface area contributed by atoms with E-state index in [9.17, 15) is 0 Å². The van der Waals surface area contributed by atoms with Crippen LogP contribution in [-0.4, -0.2) is 15.0 Å². The van der Waals surface area contributed by atoms with E-state index in [0.717, 1.165) is 60.5 Å². The third-order valence-corrected chi connectivity index (χ3v) is 9.47. The third-order valence-electron chi connectivity index (χ3n) is 9.47. The topological polar surface area (TPSA) is 51.8 Å². The lowest BCUT2D eigenvalue weighted by molar-refractivity contribution is 0.669. The van der Waals surface area contributed by atoms with Gasteiger partial charge in [-0.15, -0.1) is 0 Å². The molecule has 0 amide bonds. The lowest BCUT2D eigenvalue weighted by atomic mass is 9.95. The van der Waals surface area contributed by atoms with Crippen LogP contribution in [0.2, 0.25) is 0 Å². The van der Waals surface area contributed by atoms with Gasteiger partial charge in [-0.3, -0.25) is 0 Å². The summed E-state index contributed by atoms with van der Waals surface area (Å²) < 4.78 is 6.45. The van der Waals surface area contributed by atoms with E-state index in [-0.39, 0.29) is 0 Å². The molecule has 0 atom stereocenters. The van der Waals surface area contributed by atoms with Crippen molar-refractivity contribution in [3.05, 3.63) is 164 Å². The maximum Gasteiger partial charge on any atom is 0.164 e. The van der Waals surface area contributed by atoms with Gasteiger partial charge in [-0.25, -0.2) is 15.0 Å². The molecule has 0 aliphatic heterocycles. The van der Waals surface area contributed by atoms with Crippen LogP contribution in [-0.2, 0) is 0 Å². The van der Waals surface area contributed by atoms with E-state index in [0.29, 0.717) is 17.5 Å². The van der Waals surface area contributed by atoms with Crippen molar-refractivity contribution in [1.29, 1.82) is 0 Å². The van der Waals surface area contributed by atoms with Crippen LogP contribution in [0.4, 0.5) is 0 Å². The molecule has 0 aliphatic carbocycles. The van der Waals surface area contributed by atoms with Gasteiger partial charge in [-0.2, -0.15) is 0 Å². The average molecular weight is 626 g/mol. The molecule has 49 heavy (non-hydrogen) atoms. The van der Waals surface area contributed by atoms with E-state index >= 15 is 0 Å². The highest BCUT2D eigenvalue weighted by atomic mass is 16.3. The van der Waals surface area contributed by atoms with Gasteiger partial charge in [0.2, 0.25) is 0 Å². The highest BCUT2D eigenvalue weighted by Gasteiger charge is 2.16. The highest BCUT2D eigenvalue weighted by Crippen LogP contribution is 2.40. The summed E-state index contributed by atoms with van der Waals surface area (Å²) >= 11 is 0. The SMILES string of the molecule is c1ccc(-c2nc(-c3ccccc3)nc(-c3ccc4cc(-c5cccc6oc7cc8ccc9ccccc9c8cc7c56)ccc4c3)n2)cc1.